The molecule has 1 aliphatic heterocycles. The van der Waals surface area contributed by atoms with Crippen molar-refractivity contribution < 1.29 is 9.90 Å². The third-order valence-corrected chi connectivity index (χ3v) is 2.84. The summed E-state index contributed by atoms with van der Waals surface area (Å²) in [7, 11) is 0. The van der Waals surface area contributed by atoms with Gasteiger partial charge in [0, 0.05) is 18.8 Å². The lowest BCUT2D eigenvalue weighted by atomic mass is 10.1. The molecule has 1 fully saturated rings. The Hall–Kier alpha value is -1.55. The summed E-state index contributed by atoms with van der Waals surface area (Å²) in [4.78, 5) is 13.1. The molecule has 1 aromatic carbocycles. The lowest BCUT2D eigenvalue weighted by molar-refractivity contribution is -0.127. The van der Waals surface area contributed by atoms with E-state index < -0.39 is 6.10 Å². The average molecular weight is 220 g/mol. The van der Waals surface area contributed by atoms with Crippen LogP contribution in [0.4, 0.5) is 5.69 Å². The molecule has 86 valence electrons. The third-order valence-electron chi connectivity index (χ3n) is 2.84. The van der Waals surface area contributed by atoms with Crippen molar-refractivity contribution in [2.45, 2.75) is 18.9 Å². The zero-order chi connectivity index (χ0) is 11.5. The van der Waals surface area contributed by atoms with Crippen LogP contribution in [0, 0.1) is 0 Å². The minimum absolute atomic E-state index is 0.0444. The molecule has 0 radical (unpaired) electrons. The van der Waals surface area contributed by atoms with Crippen molar-refractivity contribution in [3.8, 4) is 0 Å². The Kier molecular flexibility index (Phi) is 3.10. The number of hydrogen-bond donors (Lipinski definition) is 2. The number of aliphatic hydroxyl groups excluding tert-OH is 1. The Bertz CT molecular complexity index is 375. The number of rotatable bonds is 3. The molecule has 4 nitrogen and oxygen atoms in total. The first-order valence-corrected chi connectivity index (χ1v) is 5.45. The normalized spacial score (nSPS) is 20.4. The van der Waals surface area contributed by atoms with Crippen LogP contribution in [0.1, 0.15) is 12.0 Å². The number of carbonyl (C=O) groups excluding carboxylic acids is 1. The van der Waals surface area contributed by atoms with Crippen molar-refractivity contribution in [1.82, 2.24) is 4.90 Å². The van der Waals surface area contributed by atoms with E-state index in [1.54, 1.807) is 4.90 Å². The summed E-state index contributed by atoms with van der Waals surface area (Å²) in [6, 6.07) is 7.64. The fourth-order valence-electron chi connectivity index (χ4n) is 1.92. The van der Waals surface area contributed by atoms with Crippen LogP contribution in [-0.4, -0.2) is 35.1 Å². The van der Waals surface area contributed by atoms with Gasteiger partial charge < -0.3 is 15.7 Å². The van der Waals surface area contributed by atoms with Gasteiger partial charge in [0.15, 0.2) is 0 Å². The molecule has 1 amide bonds. The molecule has 0 aromatic heterocycles. The molecular formula is C12H16N2O2. The molecule has 1 atom stereocenters. The molecule has 0 saturated carbocycles. The molecule has 0 bridgehead atoms. The quantitative estimate of drug-likeness (QED) is 0.725. The topological polar surface area (TPSA) is 66.6 Å². The third kappa shape index (κ3) is 2.52. The molecule has 3 N–H and O–H groups in total. The highest BCUT2D eigenvalue weighted by Gasteiger charge is 2.27. The highest BCUT2D eigenvalue weighted by molar-refractivity contribution is 5.79. The molecule has 16 heavy (non-hydrogen) atoms. The van der Waals surface area contributed by atoms with Crippen molar-refractivity contribution in [2.24, 2.45) is 0 Å². The molecule has 1 unspecified atom stereocenters. The second-order valence-corrected chi connectivity index (χ2v) is 4.19. The largest absolute Gasteiger partial charge is 0.399 e. The van der Waals surface area contributed by atoms with Crippen molar-refractivity contribution in [3.63, 3.8) is 0 Å². The maximum atomic E-state index is 11.4. The summed E-state index contributed by atoms with van der Waals surface area (Å²) in [6.45, 7) is 1.13. The summed E-state index contributed by atoms with van der Waals surface area (Å²) in [5.41, 5.74) is 7.49. The molecule has 2 rings (SSSR count). The first kappa shape index (κ1) is 11.0. The summed E-state index contributed by atoms with van der Waals surface area (Å²) in [5.74, 6) is 0.0444. The van der Waals surface area contributed by atoms with E-state index in [1.165, 1.54) is 0 Å². The summed E-state index contributed by atoms with van der Waals surface area (Å²) >= 11 is 0. The number of amides is 1. The molecule has 1 aromatic rings. The van der Waals surface area contributed by atoms with E-state index in [-0.39, 0.29) is 12.3 Å². The lowest BCUT2D eigenvalue weighted by Gasteiger charge is -2.15. The van der Waals surface area contributed by atoms with Crippen LogP contribution in [0.15, 0.2) is 24.3 Å². The molecule has 1 aliphatic rings. The standard InChI is InChI=1S/C12H16N2O2/c13-10-3-1-9(2-4-10)5-6-14-8-11(15)7-12(14)16/h1-4,11,15H,5-8,13H2. The van der Waals surface area contributed by atoms with E-state index in [9.17, 15) is 9.90 Å². The number of aliphatic hydroxyl groups is 1. The smallest absolute Gasteiger partial charge is 0.225 e. The zero-order valence-corrected chi connectivity index (χ0v) is 9.10. The molecular weight excluding hydrogens is 204 g/mol. The number of nitrogen functional groups attached to an aromatic ring is 1. The number of carbonyl (C=O) groups is 1. The second-order valence-electron chi connectivity index (χ2n) is 4.19. The van der Waals surface area contributed by atoms with Crippen LogP contribution in [0.2, 0.25) is 0 Å². The number of benzene rings is 1. The molecule has 0 spiro atoms. The number of nitrogens with two attached hydrogens (primary N) is 1. The van der Waals surface area contributed by atoms with Crippen molar-refractivity contribution in [2.75, 3.05) is 18.8 Å². The van der Waals surface area contributed by atoms with Crippen LogP contribution >= 0.6 is 0 Å². The van der Waals surface area contributed by atoms with Gasteiger partial charge in [0.1, 0.15) is 0 Å². The van der Waals surface area contributed by atoms with E-state index >= 15 is 0 Å². The van der Waals surface area contributed by atoms with Gasteiger partial charge in [-0.3, -0.25) is 4.79 Å². The van der Waals surface area contributed by atoms with Gasteiger partial charge in [-0.1, -0.05) is 12.1 Å². The van der Waals surface area contributed by atoms with Crippen molar-refractivity contribution in [1.29, 1.82) is 0 Å². The van der Waals surface area contributed by atoms with Crippen LogP contribution in [-0.2, 0) is 11.2 Å². The van der Waals surface area contributed by atoms with E-state index in [0.717, 1.165) is 17.7 Å². The number of likely N-dealkylation sites (tertiary alicyclic amines) is 1. The van der Waals surface area contributed by atoms with Gasteiger partial charge in [-0.2, -0.15) is 0 Å². The molecule has 1 heterocycles. The molecule has 0 aliphatic carbocycles. The van der Waals surface area contributed by atoms with E-state index in [4.69, 9.17) is 5.73 Å². The lowest BCUT2D eigenvalue weighted by Crippen LogP contribution is -2.28. The number of β-amino-alcohol motifs (C(OH)–C–C–N with tert-alkyl or cyclic N) is 1. The van der Waals surface area contributed by atoms with Crippen LogP contribution in [0.3, 0.4) is 0 Å². The highest BCUT2D eigenvalue weighted by Crippen LogP contribution is 2.12. The number of anilines is 1. The van der Waals surface area contributed by atoms with E-state index in [0.29, 0.717) is 13.1 Å². The molecule has 4 heteroatoms. The Morgan fingerprint density at radius 1 is 1.38 bits per heavy atom. The van der Waals surface area contributed by atoms with Crippen LogP contribution < -0.4 is 5.73 Å². The first-order valence-electron chi connectivity index (χ1n) is 5.45. The predicted octanol–water partition coefficient (Wildman–Crippen LogP) is 0.404. The fourth-order valence-corrected chi connectivity index (χ4v) is 1.92. The molecule has 1 saturated heterocycles. The number of hydrogen-bond acceptors (Lipinski definition) is 3. The first-order chi connectivity index (χ1) is 7.65. The van der Waals surface area contributed by atoms with Gasteiger partial charge in [-0.25, -0.2) is 0 Å². The van der Waals surface area contributed by atoms with Crippen LogP contribution in [0.25, 0.3) is 0 Å². The summed E-state index contributed by atoms with van der Waals surface area (Å²) in [6.07, 6.45) is 0.583. The SMILES string of the molecule is Nc1ccc(CCN2CC(O)CC2=O)cc1. The Morgan fingerprint density at radius 3 is 2.62 bits per heavy atom. The summed E-state index contributed by atoms with van der Waals surface area (Å²) < 4.78 is 0. The van der Waals surface area contributed by atoms with Gasteiger partial charge in [-0.15, -0.1) is 0 Å². The van der Waals surface area contributed by atoms with Gasteiger partial charge >= 0.3 is 0 Å². The highest BCUT2D eigenvalue weighted by atomic mass is 16.3. The van der Waals surface area contributed by atoms with Crippen molar-refractivity contribution in [3.05, 3.63) is 29.8 Å². The maximum Gasteiger partial charge on any atom is 0.225 e. The number of nitrogens with zero attached hydrogens (tertiary/aromatic N) is 1. The average Bonchev–Trinajstić information content (AvgIpc) is 2.57. The van der Waals surface area contributed by atoms with Gasteiger partial charge in [0.25, 0.3) is 0 Å². The minimum Gasteiger partial charge on any atom is -0.399 e. The maximum absolute atomic E-state index is 11.4. The zero-order valence-electron chi connectivity index (χ0n) is 9.10. The fraction of sp³-hybridized carbons (Fsp3) is 0.417. The van der Waals surface area contributed by atoms with Gasteiger partial charge in [0.2, 0.25) is 5.91 Å². The Labute approximate surface area is 94.7 Å². The predicted molar refractivity (Wildman–Crippen MR) is 61.8 cm³/mol. The van der Waals surface area contributed by atoms with Gasteiger partial charge in [0.05, 0.1) is 12.5 Å². The van der Waals surface area contributed by atoms with E-state index in [1.807, 2.05) is 24.3 Å². The Balaban J connectivity index is 1.88. The Morgan fingerprint density at radius 2 is 2.06 bits per heavy atom. The van der Waals surface area contributed by atoms with E-state index in [2.05, 4.69) is 0 Å². The second kappa shape index (κ2) is 4.53. The summed E-state index contributed by atoms with van der Waals surface area (Å²) in [5, 5.41) is 9.32. The van der Waals surface area contributed by atoms with Crippen LogP contribution in [0.5, 0.6) is 0 Å². The van der Waals surface area contributed by atoms with Gasteiger partial charge in [-0.05, 0) is 24.1 Å². The monoisotopic (exact) mass is 220 g/mol. The van der Waals surface area contributed by atoms with Crippen molar-refractivity contribution >= 4 is 11.6 Å². The minimum atomic E-state index is -0.487.